The summed E-state index contributed by atoms with van der Waals surface area (Å²) in [6, 6.07) is 0. The van der Waals surface area contributed by atoms with Crippen molar-refractivity contribution in [1.29, 1.82) is 0 Å². The minimum Gasteiger partial charge on any atom is -0.330 e. The van der Waals surface area contributed by atoms with Gasteiger partial charge in [0.05, 0.1) is 10.6 Å². The number of nitrogens with two attached hydrogens (primary N) is 1. The van der Waals surface area contributed by atoms with E-state index in [9.17, 15) is 9.59 Å². The van der Waals surface area contributed by atoms with E-state index in [1.807, 2.05) is 0 Å². The molecule has 0 unspecified atom stereocenters. The van der Waals surface area contributed by atoms with Gasteiger partial charge in [-0.05, 0) is 37.1 Å². The highest BCUT2D eigenvalue weighted by Crippen LogP contribution is 2.39. The lowest BCUT2D eigenvalue weighted by Gasteiger charge is -2.26. The Labute approximate surface area is 146 Å². The number of carbonyl (C=O) groups excluding carboxylic acids is 2. The fourth-order valence-corrected chi connectivity index (χ4v) is 4.56. The first-order chi connectivity index (χ1) is 10.4. The maximum atomic E-state index is 12.4. The van der Waals surface area contributed by atoms with E-state index in [4.69, 9.17) is 5.73 Å². The van der Waals surface area contributed by atoms with Crippen LogP contribution in [0.15, 0.2) is 0 Å². The molecule has 0 aromatic carbocycles. The van der Waals surface area contributed by atoms with E-state index in [-0.39, 0.29) is 41.3 Å². The van der Waals surface area contributed by atoms with Crippen molar-refractivity contribution in [3.05, 3.63) is 10.6 Å². The van der Waals surface area contributed by atoms with Crippen LogP contribution in [-0.4, -0.2) is 23.2 Å². The highest BCUT2D eigenvalue weighted by molar-refractivity contribution is 7.17. The van der Waals surface area contributed by atoms with Gasteiger partial charge in [0.2, 0.25) is 5.91 Å². The topological polar surface area (TPSA) is 85.1 Å². The smallest absolute Gasteiger partial charge is 0.229 e. The number of amides is 1. The maximum Gasteiger partial charge on any atom is 0.229 e. The Bertz CT molecular complexity index is 614. The Balaban J connectivity index is 0.00000192. The van der Waals surface area contributed by atoms with Crippen LogP contribution >= 0.6 is 23.7 Å². The average Bonchev–Trinajstić information content (AvgIpc) is 3.03. The van der Waals surface area contributed by atoms with Gasteiger partial charge in [0.1, 0.15) is 0 Å². The van der Waals surface area contributed by atoms with Gasteiger partial charge < -0.3 is 11.1 Å². The number of rotatable bonds is 3. The van der Waals surface area contributed by atoms with Crippen molar-refractivity contribution in [3.8, 4) is 0 Å². The second-order valence-corrected chi connectivity index (χ2v) is 8.26. The number of anilines is 1. The third kappa shape index (κ3) is 3.75. The van der Waals surface area contributed by atoms with Crippen LogP contribution in [0.25, 0.3) is 0 Å². The van der Waals surface area contributed by atoms with Crippen LogP contribution in [0.5, 0.6) is 0 Å². The molecule has 0 aliphatic heterocycles. The van der Waals surface area contributed by atoms with Gasteiger partial charge in [-0.1, -0.05) is 31.6 Å². The van der Waals surface area contributed by atoms with Gasteiger partial charge in [0, 0.05) is 12.3 Å². The van der Waals surface area contributed by atoms with Crippen LogP contribution in [-0.2, 0) is 11.2 Å². The van der Waals surface area contributed by atoms with E-state index in [2.05, 4.69) is 24.1 Å². The molecule has 128 valence electrons. The van der Waals surface area contributed by atoms with E-state index in [1.54, 1.807) is 0 Å². The van der Waals surface area contributed by atoms with E-state index < -0.39 is 0 Å². The molecule has 2 aliphatic rings. The summed E-state index contributed by atoms with van der Waals surface area (Å²) in [5.41, 5.74) is 6.54. The quantitative estimate of drug-likeness (QED) is 0.870. The second-order valence-electron chi connectivity index (χ2n) is 7.26. The standard InChI is InChI=1S/C16H23N3O2S.ClH/c1-16(2)6-11-13(12(20)7-16)22-15(18-11)19-14(21)10-5-3-4-9(10)8-17;/h9-10H,3-8,17H2,1-2H3,(H,18,19,21);1H/t9-,10-;/m1./s1. The van der Waals surface area contributed by atoms with Crippen LogP contribution in [0.2, 0.25) is 0 Å². The molecule has 2 aliphatic carbocycles. The number of ketones is 1. The molecule has 0 spiro atoms. The van der Waals surface area contributed by atoms with E-state index in [0.717, 1.165) is 36.3 Å². The Hall–Kier alpha value is -0.980. The highest BCUT2D eigenvalue weighted by Gasteiger charge is 2.35. The number of nitrogens with zero attached hydrogens (tertiary/aromatic N) is 1. The molecular formula is C16H24ClN3O2S. The predicted octanol–water partition coefficient (Wildman–Crippen LogP) is 3.03. The summed E-state index contributed by atoms with van der Waals surface area (Å²) in [5.74, 6) is 0.406. The molecule has 23 heavy (non-hydrogen) atoms. The zero-order valence-corrected chi connectivity index (χ0v) is 15.2. The van der Waals surface area contributed by atoms with Crippen LogP contribution in [0, 0.1) is 17.3 Å². The largest absolute Gasteiger partial charge is 0.330 e. The molecule has 1 fully saturated rings. The molecule has 1 aromatic heterocycles. The van der Waals surface area contributed by atoms with Crippen LogP contribution in [0.4, 0.5) is 5.13 Å². The molecular weight excluding hydrogens is 334 g/mol. The van der Waals surface area contributed by atoms with Crippen LogP contribution < -0.4 is 11.1 Å². The SMILES string of the molecule is CC1(C)CC(=O)c2sc(NC(=O)[C@@H]3CCC[C@@H]3CN)nc2C1.Cl. The van der Waals surface area contributed by atoms with E-state index in [1.165, 1.54) is 11.3 Å². The molecule has 1 amide bonds. The molecule has 1 saturated carbocycles. The molecule has 1 aromatic rings. The fourth-order valence-electron chi connectivity index (χ4n) is 3.64. The van der Waals surface area contributed by atoms with Gasteiger partial charge in [0.25, 0.3) is 0 Å². The van der Waals surface area contributed by atoms with Crippen molar-refractivity contribution in [2.24, 2.45) is 23.0 Å². The number of fused-ring (bicyclic) bond motifs is 1. The normalized spacial score (nSPS) is 25.6. The molecule has 5 nitrogen and oxygen atoms in total. The third-order valence-electron chi connectivity index (χ3n) is 4.76. The van der Waals surface area contributed by atoms with Gasteiger partial charge in [-0.3, -0.25) is 9.59 Å². The minimum absolute atomic E-state index is 0. The number of thiazole rings is 1. The highest BCUT2D eigenvalue weighted by atomic mass is 35.5. The lowest BCUT2D eigenvalue weighted by atomic mass is 9.78. The van der Waals surface area contributed by atoms with Crippen molar-refractivity contribution in [2.45, 2.75) is 46.0 Å². The number of hydrogen-bond acceptors (Lipinski definition) is 5. The second kappa shape index (κ2) is 6.87. The van der Waals surface area contributed by atoms with Gasteiger partial charge >= 0.3 is 0 Å². The van der Waals surface area contributed by atoms with E-state index >= 15 is 0 Å². The lowest BCUT2D eigenvalue weighted by molar-refractivity contribution is -0.120. The Morgan fingerprint density at radius 2 is 2.13 bits per heavy atom. The zero-order valence-electron chi connectivity index (χ0n) is 13.6. The monoisotopic (exact) mass is 357 g/mol. The molecule has 1 heterocycles. The van der Waals surface area contributed by atoms with Crippen LogP contribution in [0.3, 0.4) is 0 Å². The van der Waals surface area contributed by atoms with Gasteiger partial charge in [0.15, 0.2) is 10.9 Å². The number of hydrogen-bond donors (Lipinski definition) is 2. The number of aromatic nitrogens is 1. The number of nitrogens with one attached hydrogen (secondary N) is 1. The number of Topliss-reactive ketones (excluding diaryl/α,β-unsaturated/α-hetero) is 1. The maximum absolute atomic E-state index is 12.4. The molecule has 2 atom stereocenters. The van der Waals surface area contributed by atoms with Crippen LogP contribution in [0.1, 0.15) is 54.9 Å². The van der Waals surface area contributed by atoms with Gasteiger partial charge in [-0.25, -0.2) is 4.98 Å². The molecule has 7 heteroatoms. The average molecular weight is 358 g/mol. The van der Waals surface area contributed by atoms with Crippen molar-refractivity contribution >= 4 is 40.6 Å². The number of carbonyl (C=O) groups is 2. The lowest BCUT2D eigenvalue weighted by Crippen LogP contribution is -2.29. The third-order valence-corrected chi connectivity index (χ3v) is 5.82. The molecule has 0 bridgehead atoms. The first-order valence-electron chi connectivity index (χ1n) is 7.93. The summed E-state index contributed by atoms with van der Waals surface area (Å²) in [6.07, 6.45) is 4.31. The Kier molecular flexibility index (Phi) is 5.48. The molecule has 0 saturated heterocycles. The zero-order chi connectivity index (χ0) is 15.9. The summed E-state index contributed by atoms with van der Waals surface area (Å²) in [6.45, 7) is 4.71. The predicted molar refractivity (Wildman–Crippen MR) is 94.3 cm³/mol. The minimum atomic E-state index is -0.0461. The fraction of sp³-hybridized carbons (Fsp3) is 0.688. The Morgan fingerprint density at radius 3 is 2.83 bits per heavy atom. The van der Waals surface area contributed by atoms with E-state index in [0.29, 0.717) is 18.1 Å². The van der Waals surface area contributed by atoms with Crippen molar-refractivity contribution in [3.63, 3.8) is 0 Å². The summed E-state index contributed by atoms with van der Waals surface area (Å²) < 4.78 is 0. The Morgan fingerprint density at radius 1 is 1.39 bits per heavy atom. The van der Waals surface area contributed by atoms with Crippen molar-refractivity contribution < 1.29 is 9.59 Å². The first-order valence-corrected chi connectivity index (χ1v) is 8.75. The molecule has 3 N–H and O–H groups in total. The molecule has 3 rings (SSSR count). The molecule has 0 radical (unpaired) electrons. The summed E-state index contributed by atoms with van der Waals surface area (Å²) in [4.78, 5) is 29.8. The summed E-state index contributed by atoms with van der Waals surface area (Å²) in [7, 11) is 0. The van der Waals surface area contributed by atoms with Gasteiger partial charge in [-0.15, -0.1) is 12.4 Å². The summed E-state index contributed by atoms with van der Waals surface area (Å²) >= 11 is 1.32. The van der Waals surface area contributed by atoms with Crippen molar-refractivity contribution in [1.82, 2.24) is 4.98 Å². The summed E-state index contributed by atoms with van der Waals surface area (Å²) in [5, 5.41) is 3.47. The first kappa shape index (κ1) is 18.4. The van der Waals surface area contributed by atoms with Gasteiger partial charge in [-0.2, -0.15) is 0 Å². The van der Waals surface area contributed by atoms with Crippen molar-refractivity contribution in [2.75, 3.05) is 11.9 Å². The number of halogens is 1.